The maximum absolute atomic E-state index is 13.2. The molecule has 1 atom stereocenters. The third-order valence-electron chi connectivity index (χ3n) is 4.61. The molecule has 0 saturated carbocycles. The lowest BCUT2D eigenvalue weighted by Gasteiger charge is -2.25. The molecule has 0 bridgehead atoms. The van der Waals surface area contributed by atoms with Crippen molar-refractivity contribution in [3.63, 3.8) is 0 Å². The first-order valence-corrected chi connectivity index (χ1v) is 9.09. The van der Waals surface area contributed by atoms with Gasteiger partial charge in [-0.2, -0.15) is 0 Å². The summed E-state index contributed by atoms with van der Waals surface area (Å²) in [6, 6.07) is 13.4. The maximum Gasteiger partial charge on any atom is 0.161 e. The highest BCUT2D eigenvalue weighted by Gasteiger charge is 2.26. The van der Waals surface area contributed by atoms with Crippen LogP contribution in [0.4, 0.5) is 4.39 Å². The third-order valence-corrected chi connectivity index (χ3v) is 4.61. The number of halogens is 1. The first kappa shape index (κ1) is 17.7. The van der Waals surface area contributed by atoms with Gasteiger partial charge in [0.2, 0.25) is 0 Å². The predicted octanol–water partition coefficient (Wildman–Crippen LogP) is 4.96. The fraction of sp³-hybridized carbons (Fsp3) is 0.429. The molecule has 25 heavy (non-hydrogen) atoms. The lowest BCUT2D eigenvalue weighted by atomic mass is 10.0. The summed E-state index contributed by atoms with van der Waals surface area (Å²) in [5.74, 6) is 1.42. The summed E-state index contributed by atoms with van der Waals surface area (Å²) >= 11 is 0. The van der Waals surface area contributed by atoms with Crippen molar-refractivity contribution in [2.75, 3.05) is 19.8 Å². The van der Waals surface area contributed by atoms with Crippen LogP contribution >= 0.6 is 0 Å². The summed E-state index contributed by atoms with van der Waals surface area (Å²) in [6.45, 7) is 7.10. The molecule has 2 aromatic rings. The van der Waals surface area contributed by atoms with Gasteiger partial charge in [0, 0.05) is 12.6 Å². The molecule has 0 spiro atoms. The van der Waals surface area contributed by atoms with E-state index in [9.17, 15) is 4.39 Å². The first-order chi connectivity index (χ1) is 12.2. The maximum atomic E-state index is 13.2. The van der Waals surface area contributed by atoms with Crippen molar-refractivity contribution in [1.82, 2.24) is 4.90 Å². The van der Waals surface area contributed by atoms with Crippen LogP contribution in [0.15, 0.2) is 42.5 Å². The van der Waals surface area contributed by atoms with E-state index in [0.717, 1.165) is 37.4 Å². The number of ether oxygens (including phenoxy) is 2. The minimum atomic E-state index is -0.179. The van der Waals surface area contributed by atoms with Crippen molar-refractivity contribution in [2.24, 2.45) is 0 Å². The van der Waals surface area contributed by atoms with E-state index >= 15 is 0 Å². The van der Waals surface area contributed by atoms with Crippen molar-refractivity contribution < 1.29 is 13.9 Å². The van der Waals surface area contributed by atoms with Crippen molar-refractivity contribution in [1.29, 1.82) is 0 Å². The van der Waals surface area contributed by atoms with Gasteiger partial charge in [0.1, 0.15) is 5.82 Å². The summed E-state index contributed by atoms with van der Waals surface area (Å²) in [7, 11) is 0. The molecule has 0 radical (unpaired) electrons. The Labute approximate surface area is 149 Å². The summed E-state index contributed by atoms with van der Waals surface area (Å²) in [6.07, 6.45) is 2.28. The Bertz CT molecular complexity index is 687. The van der Waals surface area contributed by atoms with Crippen molar-refractivity contribution in [2.45, 2.75) is 39.3 Å². The van der Waals surface area contributed by atoms with E-state index in [1.807, 2.05) is 32.0 Å². The third kappa shape index (κ3) is 4.31. The molecule has 134 valence electrons. The van der Waals surface area contributed by atoms with Crippen molar-refractivity contribution in [3.8, 4) is 11.5 Å². The average molecular weight is 343 g/mol. The Morgan fingerprint density at radius 2 is 1.72 bits per heavy atom. The van der Waals surface area contributed by atoms with E-state index in [2.05, 4.69) is 17.0 Å². The second-order valence-electron chi connectivity index (χ2n) is 6.33. The van der Waals surface area contributed by atoms with Crippen LogP contribution in [0.2, 0.25) is 0 Å². The van der Waals surface area contributed by atoms with E-state index in [0.29, 0.717) is 19.3 Å². The second kappa shape index (κ2) is 8.34. The molecule has 1 unspecified atom stereocenters. The first-order valence-electron chi connectivity index (χ1n) is 9.09. The fourth-order valence-electron chi connectivity index (χ4n) is 3.51. The van der Waals surface area contributed by atoms with E-state index < -0.39 is 0 Å². The van der Waals surface area contributed by atoms with Crippen LogP contribution in [-0.4, -0.2) is 24.7 Å². The van der Waals surface area contributed by atoms with Crippen LogP contribution < -0.4 is 9.47 Å². The molecule has 1 fully saturated rings. The molecule has 2 aromatic carbocycles. The Balaban J connectivity index is 1.76. The molecule has 4 heteroatoms. The van der Waals surface area contributed by atoms with Crippen LogP contribution in [0, 0.1) is 5.82 Å². The summed E-state index contributed by atoms with van der Waals surface area (Å²) in [5.41, 5.74) is 2.40. The molecular weight excluding hydrogens is 317 g/mol. The SMILES string of the molecule is CCOc1ccc(CN2CCCC2c2ccc(F)cc2)cc1OCC. The van der Waals surface area contributed by atoms with E-state index in [1.165, 1.54) is 11.1 Å². The molecule has 3 rings (SSSR count). The quantitative estimate of drug-likeness (QED) is 0.709. The highest BCUT2D eigenvalue weighted by molar-refractivity contribution is 5.43. The molecule has 0 N–H and O–H groups in total. The molecular formula is C21H26FNO2. The standard InChI is InChI=1S/C21H26FNO2/c1-3-24-20-12-7-16(14-21(20)25-4-2)15-23-13-5-6-19(23)17-8-10-18(22)11-9-17/h7-12,14,19H,3-6,13,15H2,1-2H3. The average Bonchev–Trinajstić information content (AvgIpc) is 3.06. The molecule has 0 aromatic heterocycles. The van der Waals surface area contributed by atoms with Gasteiger partial charge in [-0.1, -0.05) is 18.2 Å². The van der Waals surface area contributed by atoms with Gasteiger partial charge in [-0.3, -0.25) is 4.90 Å². The van der Waals surface area contributed by atoms with Gasteiger partial charge in [0.15, 0.2) is 11.5 Å². The Kier molecular flexibility index (Phi) is 5.92. The van der Waals surface area contributed by atoms with Gasteiger partial charge in [-0.25, -0.2) is 4.39 Å². The largest absolute Gasteiger partial charge is 0.490 e. The minimum absolute atomic E-state index is 0.179. The van der Waals surface area contributed by atoms with Crippen LogP contribution in [-0.2, 0) is 6.54 Å². The highest BCUT2D eigenvalue weighted by Crippen LogP contribution is 2.35. The number of rotatable bonds is 7. The number of likely N-dealkylation sites (tertiary alicyclic amines) is 1. The van der Waals surface area contributed by atoms with Crippen LogP contribution in [0.3, 0.4) is 0 Å². The smallest absolute Gasteiger partial charge is 0.161 e. The highest BCUT2D eigenvalue weighted by atomic mass is 19.1. The number of hydrogen-bond acceptors (Lipinski definition) is 3. The van der Waals surface area contributed by atoms with Gasteiger partial charge in [-0.15, -0.1) is 0 Å². The summed E-state index contributed by atoms with van der Waals surface area (Å²) in [4.78, 5) is 2.46. The molecule has 1 saturated heterocycles. The molecule has 3 nitrogen and oxygen atoms in total. The second-order valence-corrected chi connectivity index (χ2v) is 6.33. The summed E-state index contributed by atoms with van der Waals surface area (Å²) in [5, 5.41) is 0. The molecule has 1 aliphatic heterocycles. The molecule has 1 heterocycles. The number of hydrogen-bond donors (Lipinski definition) is 0. The van der Waals surface area contributed by atoms with Crippen molar-refractivity contribution in [3.05, 3.63) is 59.4 Å². The lowest BCUT2D eigenvalue weighted by molar-refractivity contribution is 0.247. The predicted molar refractivity (Wildman–Crippen MR) is 97.6 cm³/mol. The Morgan fingerprint density at radius 1 is 1.00 bits per heavy atom. The number of nitrogens with zero attached hydrogens (tertiary/aromatic N) is 1. The van der Waals surface area contributed by atoms with E-state index in [1.54, 1.807) is 12.1 Å². The van der Waals surface area contributed by atoms with Crippen LogP contribution in [0.25, 0.3) is 0 Å². The topological polar surface area (TPSA) is 21.7 Å². The normalized spacial score (nSPS) is 17.6. The minimum Gasteiger partial charge on any atom is -0.490 e. The zero-order valence-electron chi connectivity index (χ0n) is 15.0. The van der Waals surface area contributed by atoms with Gasteiger partial charge in [0.25, 0.3) is 0 Å². The monoisotopic (exact) mass is 343 g/mol. The van der Waals surface area contributed by atoms with Gasteiger partial charge in [0.05, 0.1) is 13.2 Å². The fourth-order valence-corrected chi connectivity index (χ4v) is 3.51. The number of benzene rings is 2. The zero-order valence-corrected chi connectivity index (χ0v) is 15.0. The Hall–Kier alpha value is -2.07. The Morgan fingerprint density at radius 3 is 2.44 bits per heavy atom. The summed E-state index contributed by atoms with van der Waals surface area (Å²) < 4.78 is 24.6. The van der Waals surface area contributed by atoms with E-state index in [4.69, 9.17) is 9.47 Å². The molecule has 0 amide bonds. The molecule has 0 aliphatic carbocycles. The van der Waals surface area contributed by atoms with Crippen LogP contribution in [0.1, 0.15) is 43.9 Å². The lowest BCUT2D eigenvalue weighted by Crippen LogP contribution is -2.22. The van der Waals surface area contributed by atoms with E-state index in [-0.39, 0.29) is 5.82 Å². The van der Waals surface area contributed by atoms with Crippen molar-refractivity contribution >= 4 is 0 Å². The van der Waals surface area contributed by atoms with Gasteiger partial charge < -0.3 is 9.47 Å². The van der Waals surface area contributed by atoms with Gasteiger partial charge in [-0.05, 0) is 68.6 Å². The zero-order chi connectivity index (χ0) is 17.6. The van der Waals surface area contributed by atoms with Gasteiger partial charge >= 0.3 is 0 Å². The molecule has 1 aliphatic rings. The van der Waals surface area contributed by atoms with Crippen LogP contribution in [0.5, 0.6) is 11.5 Å².